The highest BCUT2D eigenvalue weighted by Gasteiger charge is 2.13. The Hall–Kier alpha value is -1.06. The normalized spacial score (nSPS) is 18.7. The lowest BCUT2D eigenvalue weighted by Gasteiger charge is -2.11. The summed E-state index contributed by atoms with van der Waals surface area (Å²) in [5, 5.41) is 6.95. The minimum atomic E-state index is 0.730. The maximum absolute atomic E-state index is 5.56. The average molecular weight is 262 g/mol. The molecule has 1 aromatic carbocycles. The molecule has 19 heavy (non-hydrogen) atoms. The number of benzene rings is 1. The van der Waals surface area contributed by atoms with Crippen LogP contribution < -0.4 is 15.4 Å². The van der Waals surface area contributed by atoms with E-state index in [-0.39, 0.29) is 0 Å². The Labute approximate surface area is 116 Å². The maximum Gasteiger partial charge on any atom is 0.122 e. The molecule has 3 heteroatoms. The highest BCUT2D eigenvalue weighted by atomic mass is 16.5. The summed E-state index contributed by atoms with van der Waals surface area (Å²) in [5.41, 5.74) is 2.56. The molecule has 0 spiro atoms. The third kappa shape index (κ3) is 4.51. The van der Waals surface area contributed by atoms with Crippen LogP contribution in [0.5, 0.6) is 5.75 Å². The first-order valence-electron chi connectivity index (χ1n) is 7.43. The Bertz CT molecular complexity index is 386. The van der Waals surface area contributed by atoms with E-state index >= 15 is 0 Å². The molecule has 1 saturated heterocycles. The van der Waals surface area contributed by atoms with Gasteiger partial charge in [-0.05, 0) is 69.4 Å². The molecule has 2 rings (SSSR count). The second-order valence-electron chi connectivity index (χ2n) is 5.36. The molecule has 1 aromatic rings. The molecule has 0 amide bonds. The van der Waals surface area contributed by atoms with Crippen LogP contribution in [0.15, 0.2) is 18.2 Å². The van der Waals surface area contributed by atoms with Crippen molar-refractivity contribution in [1.29, 1.82) is 0 Å². The first-order chi connectivity index (χ1) is 9.29. The van der Waals surface area contributed by atoms with Crippen molar-refractivity contribution in [2.24, 2.45) is 5.92 Å². The summed E-state index contributed by atoms with van der Waals surface area (Å²) >= 11 is 0. The average Bonchev–Trinajstić information content (AvgIpc) is 2.91. The van der Waals surface area contributed by atoms with Crippen LogP contribution in [0.4, 0.5) is 0 Å². The van der Waals surface area contributed by atoms with E-state index in [4.69, 9.17) is 4.74 Å². The fraction of sp³-hybridized carbons (Fsp3) is 0.625. The van der Waals surface area contributed by atoms with Gasteiger partial charge in [-0.3, -0.25) is 0 Å². The first kappa shape index (κ1) is 14.4. The van der Waals surface area contributed by atoms with Gasteiger partial charge in [-0.1, -0.05) is 12.1 Å². The van der Waals surface area contributed by atoms with Gasteiger partial charge in [0, 0.05) is 6.54 Å². The molecule has 0 saturated carbocycles. The summed E-state index contributed by atoms with van der Waals surface area (Å²) in [7, 11) is 0. The van der Waals surface area contributed by atoms with Crippen molar-refractivity contribution in [2.45, 2.75) is 33.2 Å². The van der Waals surface area contributed by atoms with E-state index in [0.29, 0.717) is 0 Å². The molecule has 0 bridgehead atoms. The fourth-order valence-corrected chi connectivity index (χ4v) is 2.64. The summed E-state index contributed by atoms with van der Waals surface area (Å²) in [6, 6.07) is 6.45. The Kier molecular flexibility index (Phi) is 5.67. The van der Waals surface area contributed by atoms with E-state index in [0.717, 1.165) is 31.4 Å². The van der Waals surface area contributed by atoms with Crippen LogP contribution in [-0.2, 0) is 6.54 Å². The SMILES string of the molecule is CCOc1ccc(CNCCC2CCNC2)cc1C. The van der Waals surface area contributed by atoms with Crippen LogP contribution >= 0.6 is 0 Å². The second kappa shape index (κ2) is 7.51. The van der Waals surface area contributed by atoms with Crippen LogP contribution in [0, 0.1) is 12.8 Å². The molecule has 0 radical (unpaired) electrons. The first-order valence-corrected chi connectivity index (χ1v) is 7.43. The molecule has 1 heterocycles. The van der Waals surface area contributed by atoms with Crippen molar-refractivity contribution in [3.05, 3.63) is 29.3 Å². The standard InChI is InChI=1S/C16H26N2O/c1-3-19-16-5-4-15(10-13(16)2)12-18-9-7-14-6-8-17-11-14/h4-5,10,14,17-18H,3,6-9,11-12H2,1-2H3. The second-order valence-corrected chi connectivity index (χ2v) is 5.36. The number of ether oxygens (including phenoxy) is 1. The van der Waals surface area contributed by atoms with Crippen molar-refractivity contribution >= 4 is 0 Å². The van der Waals surface area contributed by atoms with Crippen LogP contribution in [0.2, 0.25) is 0 Å². The molecule has 1 aliphatic heterocycles. The quantitative estimate of drug-likeness (QED) is 0.741. The van der Waals surface area contributed by atoms with Gasteiger partial charge < -0.3 is 15.4 Å². The molecule has 1 aliphatic rings. The molecule has 2 N–H and O–H groups in total. The van der Waals surface area contributed by atoms with Crippen LogP contribution in [0.1, 0.15) is 30.9 Å². The highest BCUT2D eigenvalue weighted by molar-refractivity contribution is 5.36. The molecular weight excluding hydrogens is 236 g/mol. The van der Waals surface area contributed by atoms with Gasteiger partial charge in [0.2, 0.25) is 0 Å². The Morgan fingerprint density at radius 1 is 1.42 bits per heavy atom. The summed E-state index contributed by atoms with van der Waals surface area (Å²) < 4.78 is 5.56. The van der Waals surface area contributed by atoms with Gasteiger partial charge in [0.1, 0.15) is 5.75 Å². The van der Waals surface area contributed by atoms with Gasteiger partial charge in [0.25, 0.3) is 0 Å². The van der Waals surface area contributed by atoms with E-state index in [2.05, 4.69) is 35.8 Å². The van der Waals surface area contributed by atoms with Crippen molar-refractivity contribution in [3.8, 4) is 5.75 Å². The minimum absolute atomic E-state index is 0.730. The van der Waals surface area contributed by atoms with Crippen LogP contribution in [0.25, 0.3) is 0 Å². The molecule has 1 fully saturated rings. The molecule has 1 atom stereocenters. The highest BCUT2D eigenvalue weighted by Crippen LogP contribution is 2.19. The van der Waals surface area contributed by atoms with E-state index < -0.39 is 0 Å². The Balaban J connectivity index is 1.71. The zero-order chi connectivity index (χ0) is 13.5. The van der Waals surface area contributed by atoms with Crippen molar-refractivity contribution in [3.63, 3.8) is 0 Å². The molecule has 0 aliphatic carbocycles. The lowest BCUT2D eigenvalue weighted by molar-refractivity contribution is 0.337. The predicted octanol–water partition coefficient (Wildman–Crippen LogP) is 2.48. The van der Waals surface area contributed by atoms with Crippen molar-refractivity contribution in [2.75, 3.05) is 26.2 Å². The molecule has 1 unspecified atom stereocenters. The van der Waals surface area contributed by atoms with E-state index in [1.54, 1.807) is 0 Å². The summed E-state index contributed by atoms with van der Waals surface area (Å²) in [4.78, 5) is 0. The van der Waals surface area contributed by atoms with Crippen molar-refractivity contribution < 1.29 is 4.74 Å². The lowest BCUT2D eigenvalue weighted by atomic mass is 10.1. The third-order valence-electron chi connectivity index (χ3n) is 3.76. The van der Waals surface area contributed by atoms with E-state index in [1.807, 2.05) is 6.92 Å². The summed E-state index contributed by atoms with van der Waals surface area (Å²) in [6.07, 6.45) is 2.62. The molecule has 106 valence electrons. The summed E-state index contributed by atoms with van der Waals surface area (Å²) in [5.74, 6) is 1.87. The van der Waals surface area contributed by atoms with Crippen LogP contribution in [-0.4, -0.2) is 26.2 Å². The van der Waals surface area contributed by atoms with Gasteiger partial charge in [0.15, 0.2) is 0 Å². The van der Waals surface area contributed by atoms with Crippen LogP contribution in [0.3, 0.4) is 0 Å². The largest absolute Gasteiger partial charge is 0.494 e. The van der Waals surface area contributed by atoms with E-state index in [1.165, 1.54) is 37.1 Å². The fourth-order valence-electron chi connectivity index (χ4n) is 2.64. The Morgan fingerprint density at radius 3 is 3.00 bits per heavy atom. The number of hydrogen-bond acceptors (Lipinski definition) is 3. The maximum atomic E-state index is 5.56. The number of hydrogen-bond donors (Lipinski definition) is 2. The van der Waals surface area contributed by atoms with Gasteiger partial charge >= 0.3 is 0 Å². The monoisotopic (exact) mass is 262 g/mol. The molecule has 3 nitrogen and oxygen atoms in total. The summed E-state index contributed by atoms with van der Waals surface area (Å²) in [6.45, 7) is 9.32. The third-order valence-corrected chi connectivity index (χ3v) is 3.76. The zero-order valence-electron chi connectivity index (χ0n) is 12.2. The number of aryl methyl sites for hydroxylation is 1. The number of rotatable bonds is 7. The molecule has 0 aromatic heterocycles. The topological polar surface area (TPSA) is 33.3 Å². The predicted molar refractivity (Wildman–Crippen MR) is 79.6 cm³/mol. The lowest BCUT2D eigenvalue weighted by Crippen LogP contribution is -2.19. The Morgan fingerprint density at radius 2 is 2.32 bits per heavy atom. The van der Waals surface area contributed by atoms with E-state index in [9.17, 15) is 0 Å². The van der Waals surface area contributed by atoms with Gasteiger partial charge in [-0.25, -0.2) is 0 Å². The van der Waals surface area contributed by atoms with Gasteiger partial charge in [0.05, 0.1) is 6.61 Å². The molecular formula is C16H26N2O. The zero-order valence-corrected chi connectivity index (χ0v) is 12.2. The minimum Gasteiger partial charge on any atom is -0.494 e. The van der Waals surface area contributed by atoms with Gasteiger partial charge in [-0.15, -0.1) is 0 Å². The smallest absolute Gasteiger partial charge is 0.122 e. The van der Waals surface area contributed by atoms with Gasteiger partial charge in [-0.2, -0.15) is 0 Å². The van der Waals surface area contributed by atoms with Crippen molar-refractivity contribution in [1.82, 2.24) is 10.6 Å². The number of nitrogens with one attached hydrogen (secondary N) is 2.